The molecule has 1 amide bonds. The fourth-order valence-electron chi connectivity index (χ4n) is 3.43. The van der Waals surface area contributed by atoms with Crippen LogP contribution in [0.5, 0.6) is 0 Å². The number of cyclic esters (lactones) is 1. The molecule has 0 saturated carbocycles. The zero-order valence-electron chi connectivity index (χ0n) is 13.7. The minimum Gasteiger partial charge on any atom is -0.456 e. The molecule has 0 radical (unpaired) electrons. The summed E-state index contributed by atoms with van der Waals surface area (Å²) >= 11 is 0. The second-order valence-electron chi connectivity index (χ2n) is 6.31. The van der Waals surface area contributed by atoms with E-state index in [2.05, 4.69) is 0 Å². The van der Waals surface area contributed by atoms with Crippen LogP contribution in [-0.2, 0) is 14.3 Å². The Hall–Kier alpha value is -2.95. The lowest BCUT2D eigenvalue weighted by molar-refractivity contribution is -0.136. The number of ether oxygens (including phenoxy) is 1. The molecule has 5 heteroatoms. The Labute approximate surface area is 144 Å². The highest BCUT2D eigenvalue weighted by molar-refractivity contribution is 6.06. The molecular weight excluding hydrogens is 321 g/mol. The Morgan fingerprint density at radius 2 is 1.72 bits per heavy atom. The van der Waals surface area contributed by atoms with E-state index in [0.717, 1.165) is 16.8 Å². The van der Waals surface area contributed by atoms with Gasteiger partial charge in [-0.25, -0.2) is 9.18 Å². The molecule has 2 aromatic carbocycles. The number of anilines is 1. The third kappa shape index (κ3) is 2.61. The van der Waals surface area contributed by atoms with Crippen molar-refractivity contribution in [2.24, 2.45) is 0 Å². The molecule has 0 aliphatic carbocycles. The number of carbonyl (C=O) groups is 2. The van der Waals surface area contributed by atoms with Gasteiger partial charge in [0, 0.05) is 18.0 Å². The van der Waals surface area contributed by atoms with E-state index in [-0.39, 0.29) is 24.8 Å². The molecule has 0 saturated heterocycles. The van der Waals surface area contributed by atoms with E-state index >= 15 is 0 Å². The molecule has 25 heavy (non-hydrogen) atoms. The molecular formula is C20H16FNO3. The van der Waals surface area contributed by atoms with Crippen LogP contribution in [0.25, 0.3) is 0 Å². The van der Waals surface area contributed by atoms with Gasteiger partial charge in [-0.1, -0.05) is 29.8 Å². The van der Waals surface area contributed by atoms with Gasteiger partial charge in [0.2, 0.25) is 5.91 Å². The Morgan fingerprint density at radius 1 is 1.04 bits per heavy atom. The summed E-state index contributed by atoms with van der Waals surface area (Å²) in [5.41, 5.74) is 3.63. The Bertz CT molecular complexity index is 884. The zero-order chi connectivity index (χ0) is 17.6. The highest BCUT2D eigenvalue weighted by Crippen LogP contribution is 2.41. The Morgan fingerprint density at radius 3 is 2.40 bits per heavy atom. The number of carbonyl (C=O) groups excluding carboxylic acids is 2. The van der Waals surface area contributed by atoms with Gasteiger partial charge in [-0.15, -0.1) is 0 Å². The van der Waals surface area contributed by atoms with Gasteiger partial charge in [-0.05, 0) is 36.8 Å². The van der Waals surface area contributed by atoms with E-state index in [0.29, 0.717) is 11.3 Å². The van der Waals surface area contributed by atoms with Crippen LogP contribution >= 0.6 is 0 Å². The van der Waals surface area contributed by atoms with E-state index in [1.165, 1.54) is 12.1 Å². The first-order valence-corrected chi connectivity index (χ1v) is 8.10. The van der Waals surface area contributed by atoms with Crippen LogP contribution in [-0.4, -0.2) is 18.5 Å². The van der Waals surface area contributed by atoms with Crippen molar-refractivity contribution in [3.8, 4) is 0 Å². The van der Waals surface area contributed by atoms with Crippen molar-refractivity contribution in [3.63, 3.8) is 0 Å². The molecule has 0 fully saturated rings. The maximum Gasteiger partial charge on any atom is 0.336 e. The van der Waals surface area contributed by atoms with Crippen molar-refractivity contribution < 1.29 is 18.7 Å². The first-order valence-electron chi connectivity index (χ1n) is 8.10. The molecule has 2 aromatic rings. The number of hydrogen-bond acceptors (Lipinski definition) is 3. The number of esters is 1. The van der Waals surface area contributed by atoms with Gasteiger partial charge in [0.05, 0.1) is 11.3 Å². The van der Waals surface area contributed by atoms with Crippen LogP contribution in [0.4, 0.5) is 10.1 Å². The monoisotopic (exact) mass is 337 g/mol. The molecule has 2 aliphatic heterocycles. The van der Waals surface area contributed by atoms with Crippen molar-refractivity contribution in [1.29, 1.82) is 0 Å². The average molecular weight is 337 g/mol. The minimum absolute atomic E-state index is 0.0749. The Kier molecular flexibility index (Phi) is 3.64. The Balaban J connectivity index is 1.81. The summed E-state index contributed by atoms with van der Waals surface area (Å²) in [7, 11) is 0. The fourth-order valence-corrected chi connectivity index (χ4v) is 3.43. The normalized spacial score (nSPS) is 19.9. The van der Waals surface area contributed by atoms with Gasteiger partial charge in [0.1, 0.15) is 12.4 Å². The number of rotatable bonds is 2. The van der Waals surface area contributed by atoms with E-state index in [4.69, 9.17) is 4.74 Å². The van der Waals surface area contributed by atoms with Gasteiger partial charge in [0.25, 0.3) is 0 Å². The molecule has 0 spiro atoms. The zero-order valence-corrected chi connectivity index (χ0v) is 13.7. The van der Waals surface area contributed by atoms with Crippen molar-refractivity contribution >= 4 is 17.6 Å². The third-order valence-corrected chi connectivity index (χ3v) is 4.68. The summed E-state index contributed by atoms with van der Waals surface area (Å²) in [4.78, 5) is 26.7. The maximum absolute atomic E-state index is 13.2. The summed E-state index contributed by atoms with van der Waals surface area (Å²) in [6.45, 7) is 2.05. The predicted molar refractivity (Wildman–Crippen MR) is 90.4 cm³/mol. The highest BCUT2D eigenvalue weighted by atomic mass is 19.1. The lowest BCUT2D eigenvalue weighted by Gasteiger charge is -2.31. The number of nitrogens with zero attached hydrogens (tertiary/aromatic N) is 1. The lowest BCUT2D eigenvalue weighted by Crippen LogP contribution is -2.37. The largest absolute Gasteiger partial charge is 0.456 e. The van der Waals surface area contributed by atoms with Gasteiger partial charge >= 0.3 is 5.97 Å². The van der Waals surface area contributed by atoms with Crippen molar-refractivity contribution in [3.05, 3.63) is 76.7 Å². The van der Waals surface area contributed by atoms with Crippen LogP contribution in [0.15, 0.2) is 59.8 Å². The van der Waals surface area contributed by atoms with E-state index < -0.39 is 11.9 Å². The second kappa shape index (κ2) is 5.84. The molecule has 4 rings (SSSR count). The van der Waals surface area contributed by atoms with Gasteiger partial charge < -0.3 is 4.74 Å². The van der Waals surface area contributed by atoms with Crippen LogP contribution in [0.2, 0.25) is 0 Å². The van der Waals surface area contributed by atoms with E-state index in [9.17, 15) is 14.0 Å². The second-order valence-corrected chi connectivity index (χ2v) is 6.31. The number of halogens is 1. The van der Waals surface area contributed by atoms with Crippen molar-refractivity contribution in [2.45, 2.75) is 19.3 Å². The van der Waals surface area contributed by atoms with Crippen molar-refractivity contribution in [1.82, 2.24) is 0 Å². The van der Waals surface area contributed by atoms with Crippen LogP contribution in [0.3, 0.4) is 0 Å². The molecule has 2 aliphatic rings. The maximum atomic E-state index is 13.2. The molecule has 0 unspecified atom stereocenters. The highest BCUT2D eigenvalue weighted by Gasteiger charge is 2.42. The van der Waals surface area contributed by atoms with Gasteiger partial charge in [0.15, 0.2) is 0 Å². The number of amides is 1. The topological polar surface area (TPSA) is 46.6 Å². The van der Waals surface area contributed by atoms with Crippen LogP contribution in [0, 0.1) is 12.7 Å². The first-order chi connectivity index (χ1) is 12.0. The minimum atomic E-state index is -0.408. The average Bonchev–Trinajstić information content (AvgIpc) is 2.98. The van der Waals surface area contributed by atoms with Gasteiger partial charge in [-0.2, -0.15) is 0 Å². The SMILES string of the molecule is Cc1ccc(N2C(=O)C[C@@H](c3ccc(F)cc3)C3=C2COC3=O)cc1. The standard InChI is InChI=1S/C20H16FNO3/c1-12-2-8-15(9-3-12)22-17-11-25-20(24)19(17)16(10-18(22)23)13-4-6-14(21)7-5-13/h2-9,16H,10-11H2,1H3/t16-/m0/s1. The number of aryl methyl sites for hydroxylation is 1. The first kappa shape index (κ1) is 15.6. The predicted octanol–water partition coefficient (Wildman–Crippen LogP) is 3.47. The molecule has 4 nitrogen and oxygen atoms in total. The molecule has 2 heterocycles. The summed E-state index contributed by atoms with van der Waals surface area (Å²) in [5, 5.41) is 0. The number of hydrogen-bond donors (Lipinski definition) is 0. The number of benzene rings is 2. The molecule has 0 N–H and O–H groups in total. The molecule has 0 aromatic heterocycles. The summed E-state index contributed by atoms with van der Waals surface area (Å²) in [6, 6.07) is 13.5. The van der Waals surface area contributed by atoms with Crippen LogP contribution < -0.4 is 4.90 Å². The third-order valence-electron chi connectivity index (χ3n) is 4.68. The molecule has 0 bridgehead atoms. The van der Waals surface area contributed by atoms with Gasteiger partial charge in [-0.3, -0.25) is 9.69 Å². The summed E-state index contributed by atoms with van der Waals surface area (Å²) in [6.07, 6.45) is 0.146. The lowest BCUT2D eigenvalue weighted by atomic mass is 9.84. The summed E-state index contributed by atoms with van der Waals surface area (Å²) < 4.78 is 18.4. The fraction of sp³-hybridized carbons (Fsp3) is 0.200. The summed E-state index contributed by atoms with van der Waals surface area (Å²) in [5.74, 6) is -1.26. The van der Waals surface area contributed by atoms with Crippen molar-refractivity contribution in [2.75, 3.05) is 11.5 Å². The quantitative estimate of drug-likeness (QED) is 0.789. The van der Waals surface area contributed by atoms with Crippen LogP contribution in [0.1, 0.15) is 23.5 Å². The molecule has 126 valence electrons. The van der Waals surface area contributed by atoms with E-state index in [1.54, 1.807) is 17.0 Å². The van der Waals surface area contributed by atoms with E-state index in [1.807, 2.05) is 31.2 Å². The molecule has 1 atom stereocenters. The smallest absolute Gasteiger partial charge is 0.336 e.